The van der Waals surface area contributed by atoms with Crippen LogP contribution in [0.15, 0.2) is 0 Å². The molecule has 3 heteroatoms. The van der Waals surface area contributed by atoms with Crippen LogP contribution in [-0.4, -0.2) is 54.6 Å². The molecule has 2 aliphatic carbocycles. The maximum atomic E-state index is 6.28. The van der Waals surface area contributed by atoms with Gasteiger partial charge in [0.25, 0.3) is 0 Å². The van der Waals surface area contributed by atoms with E-state index in [9.17, 15) is 0 Å². The standard InChI is InChI=1S/C15H29N3/c1-12-10-17(2)7-4-8-18(12)15(11-16)6-3-5-13-9-14(13)15/h12-14H,3-11,16H2,1-2H3. The molecule has 0 radical (unpaired) electrons. The highest BCUT2D eigenvalue weighted by Crippen LogP contribution is 2.57. The van der Waals surface area contributed by atoms with E-state index >= 15 is 0 Å². The first-order chi connectivity index (χ1) is 8.67. The van der Waals surface area contributed by atoms with Crippen molar-refractivity contribution in [3.8, 4) is 0 Å². The van der Waals surface area contributed by atoms with Crippen LogP contribution in [0, 0.1) is 11.8 Å². The zero-order chi connectivity index (χ0) is 12.8. The summed E-state index contributed by atoms with van der Waals surface area (Å²) in [6.45, 7) is 6.99. The maximum Gasteiger partial charge on any atom is 0.0365 e. The maximum absolute atomic E-state index is 6.28. The molecule has 0 amide bonds. The lowest BCUT2D eigenvalue weighted by Gasteiger charge is -2.49. The van der Waals surface area contributed by atoms with E-state index in [4.69, 9.17) is 5.73 Å². The summed E-state index contributed by atoms with van der Waals surface area (Å²) in [6, 6.07) is 0.667. The van der Waals surface area contributed by atoms with Crippen LogP contribution >= 0.6 is 0 Å². The summed E-state index contributed by atoms with van der Waals surface area (Å²) < 4.78 is 0. The summed E-state index contributed by atoms with van der Waals surface area (Å²) >= 11 is 0. The third-order valence-corrected chi connectivity index (χ3v) is 5.77. The molecule has 3 rings (SSSR count). The summed E-state index contributed by atoms with van der Waals surface area (Å²) in [5.74, 6) is 1.93. The lowest BCUT2D eigenvalue weighted by molar-refractivity contribution is 0.0147. The van der Waals surface area contributed by atoms with E-state index in [0.29, 0.717) is 11.6 Å². The van der Waals surface area contributed by atoms with Gasteiger partial charge in [-0.1, -0.05) is 12.8 Å². The second-order valence-electron chi connectivity index (χ2n) is 6.96. The van der Waals surface area contributed by atoms with Crippen LogP contribution in [-0.2, 0) is 0 Å². The highest BCUT2D eigenvalue weighted by atomic mass is 15.3. The Hall–Kier alpha value is -0.120. The molecular weight excluding hydrogens is 222 g/mol. The third kappa shape index (κ3) is 2.00. The number of fused-ring (bicyclic) bond motifs is 1. The van der Waals surface area contributed by atoms with Gasteiger partial charge in [-0.3, -0.25) is 4.90 Å². The van der Waals surface area contributed by atoms with Crippen LogP contribution < -0.4 is 5.73 Å². The fourth-order valence-corrected chi connectivity index (χ4v) is 4.84. The van der Waals surface area contributed by atoms with E-state index in [1.54, 1.807) is 0 Å². The van der Waals surface area contributed by atoms with Crippen molar-refractivity contribution in [2.24, 2.45) is 17.6 Å². The molecule has 1 aliphatic heterocycles. The van der Waals surface area contributed by atoms with Crippen molar-refractivity contribution in [2.45, 2.75) is 50.6 Å². The Morgan fingerprint density at radius 3 is 2.89 bits per heavy atom. The van der Waals surface area contributed by atoms with Crippen molar-refractivity contribution in [1.82, 2.24) is 9.80 Å². The molecule has 4 atom stereocenters. The zero-order valence-electron chi connectivity index (χ0n) is 12.1. The van der Waals surface area contributed by atoms with Gasteiger partial charge in [0.05, 0.1) is 0 Å². The monoisotopic (exact) mass is 251 g/mol. The minimum Gasteiger partial charge on any atom is -0.329 e. The number of nitrogens with zero attached hydrogens (tertiary/aromatic N) is 2. The topological polar surface area (TPSA) is 32.5 Å². The molecule has 2 saturated carbocycles. The Morgan fingerprint density at radius 2 is 2.11 bits per heavy atom. The van der Waals surface area contributed by atoms with Crippen molar-refractivity contribution < 1.29 is 0 Å². The van der Waals surface area contributed by atoms with Gasteiger partial charge in [-0.25, -0.2) is 0 Å². The minimum absolute atomic E-state index is 0.355. The van der Waals surface area contributed by atoms with Crippen molar-refractivity contribution in [3.05, 3.63) is 0 Å². The van der Waals surface area contributed by atoms with E-state index in [0.717, 1.165) is 18.4 Å². The smallest absolute Gasteiger partial charge is 0.0365 e. The fourth-order valence-electron chi connectivity index (χ4n) is 4.84. The molecule has 0 spiro atoms. The first kappa shape index (κ1) is 12.9. The van der Waals surface area contributed by atoms with Gasteiger partial charge in [0.15, 0.2) is 0 Å². The summed E-state index contributed by atoms with van der Waals surface area (Å²) in [5.41, 5.74) is 6.63. The summed E-state index contributed by atoms with van der Waals surface area (Å²) in [6.07, 6.45) is 6.97. The average Bonchev–Trinajstić information content (AvgIpc) is 3.14. The van der Waals surface area contributed by atoms with Gasteiger partial charge in [-0.2, -0.15) is 0 Å². The predicted molar refractivity (Wildman–Crippen MR) is 75.5 cm³/mol. The van der Waals surface area contributed by atoms with Crippen molar-refractivity contribution in [1.29, 1.82) is 0 Å². The average molecular weight is 251 g/mol. The molecule has 18 heavy (non-hydrogen) atoms. The Bertz CT molecular complexity index is 306. The van der Waals surface area contributed by atoms with Crippen LogP contribution in [0.3, 0.4) is 0 Å². The van der Waals surface area contributed by atoms with Gasteiger partial charge in [0.2, 0.25) is 0 Å². The van der Waals surface area contributed by atoms with Crippen molar-refractivity contribution >= 4 is 0 Å². The summed E-state index contributed by atoms with van der Waals surface area (Å²) in [5, 5.41) is 0. The Kier molecular flexibility index (Phi) is 3.41. The van der Waals surface area contributed by atoms with Gasteiger partial charge in [-0.15, -0.1) is 0 Å². The minimum atomic E-state index is 0.355. The van der Waals surface area contributed by atoms with Gasteiger partial charge in [0.1, 0.15) is 0 Å². The molecule has 1 heterocycles. The van der Waals surface area contributed by atoms with Gasteiger partial charge in [0, 0.05) is 31.2 Å². The van der Waals surface area contributed by atoms with Crippen LogP contribution in [0.25, 0.3) is 0 Å². The van der Waals surface area contributed by atoms with Gasteiger partial charge < -0.3 is 10.6 Å². The van der Waals surface area contributed by atoms with Crippen LogP contribution in [0.5, 0.6) is 0 Å². The molecule has 104 valence electrons. The molecule has 0 aromatic heterocycles. The highest BCUT2D eigenvalue weighted by Gasteiger charge is 2.57. The van der Waals surface area contributed by atoms with Crippen LogP contribution in [0.2, 0.25) is 0 Å². The van der Waals surface area contributed by atoms with E-state index < -0.39 is 0 Å². The number of likely N-dealkylation sites (N-methyl/N-ethyl adjacent to an activating group) is 1. The van der Waals surface area contributed by atoms with Crippen molar-refractivity contribution in [3.63, 3.8) is 0 Å². The molecule has 4 unspecified atom stereocenters. The molecule has 0 aromatic rings. The molecule has 3 aliphatic rings. The third-order valence-electron chi connectivity index (χ3n) is 5.77. The van der Waals surface area contributed by atoms with E-state index in [1.807, 2.05) is 0 Å². The van der Waals surface area contributed by atoms with Crippen LogP contribution in [0.1, 0.15) is 39.0 Å². The molecule has 3 fully saturated rings. The Balaban J connectivity index is 1.81. The summed E-state index contributed by atoms with van der Waals surface area (Å²) in [4.78, 5) is 5.29. The first-order valence-corrected chi connectivity index (χ1v) is 7.83. The lowest BCUT2D eigenvalue weighted by atomic mass is 9.79. The van der Waals surface area contributed by atoms with E-state index in [1.165, 1.54) is 51.7 Å². The van der Waals surface area contributed by atoms with Crippen molar-refractivity contribution in [2.75, 3.05) is 33.2 Å². The SMILES string of the molecule is CC1CN(C)CCCN1C1(CN)CCCC2CC21. The Labute approximate surface area is 112 Å². The van der Waals surface area contributed by atoms with Crippen LogP contribution in [0.4, 0.5) is 0 Å². The van der Waals surface area contributed by atoms with E-state index in [2.05, 4.69) is 23.8 Å². The number of nitrogens with two attached hydrogens (primary N) is 1. The van der Waals surface area contributed by atoms with E-state index in [-0.39, 0.29) is 0 Å². The molecule has 0 bridgehead atoms. The number of rotatable bonds is 2. The number of hydrogen-bond donors (Lipinski definition) is 1. The largest absolute Gasteiger partial charge is 0.329 e. The Morgan fingerprint density at radius 1 is 1.28 bits per heavy atom. The normalized spacial score (nSPS) is 46.5. The second-order valence-corrected chi connectivity index (χ2v) is 6.96. The predicted octanol–water partition coefficient (Wildman–Crippen LogP) is 1.53. The molecular formula is C15H29N3. The van der Waals surface area contributed by atoms with Gasteiger partial charge >= 0.3 is 0 Å². The second kappa shape index (κ2) is 4.77. The summed E-state index contributed by atoms with van der Waals surface area (Å²) in [7, 11) is 2.26. The molecule has 2 N–H and O–H groups in total. The lowest BCUT2D eigenvalue weighted by Crippen LogP contribution is -2.60. The molecule has 3 nitrogen and oxygen atoms in total. The van der Waals surface area contributed by atoms with Gasteiger partial charge in [-0.05, 0) is 51.6 Å². The molecule has 1 saturated heterocycles. The zero-order valence-corrected chi connectivity index (χ0v) is 12.1. The number of hydrogen-bond acceptors (Lipinski definition) is 3. The first-order valence-electron chi connectivity index (χ1n) is 7.83. The highest BCUT2D eigenvalue weighted by molar-refractivity contribution is 5.11. The fraction of sp³-hybridized carbons (Fsp3) is 1.00. The quantitative estimate of drug-likeness (QED) is 0.808. The molecule has 0 aromatic carbocycles.